The predicted molar refractivity (Wildman–Crippen MR) is 96.2 cm³/mol. The van der Waals surface area contributed by atoms with Gasteiger partial charge < -0.3 is 19.3 Å². The summed E-state index contributed by atoms with van der Waals surface area (Å²) in [5.41, 5.74) is 0.537. The fraction of sp³-hybridized carbons (Fsp3) is 0.550. The van der Waals surface area contributed by atoms with E-state index in [4.69, 9.17) is 9.47 Å². The van der Waals surface area contributed by atoms with Gasteiger partial charge in [-0.1, -0.05) is 0 Å². The lowest BCUT2D eigenvalue weighted by Gasteiger charge is -2.33. The van der Waals surface area contributed by atoms with Gasteiger partial charge in [-0.2, -0.15) is 0 Å². The van der Waals surface area contributed by atoms with Crippen LogP contribution in [-0.2, 0) is 14.3 Å². The molecule has 3 aliphatic heterocycles. The van der Waals surface area contributed by atoms with Gasteiger partial charge in [0.1, 0.15) is 5.75 Å². The first-order valence-corrected chi connectivity index (χ1v) is 9.53. The van der Waals surface area contributed by atoms with Crippen LogP contribution in [0.5, 0.6) is 5.75 Å². The first-order valence-electron chi connectivity index (χ1n) is 9.53. The molecule has 3 unspecified atom stereocenters. The molecule has 3 aliphatic rings. The highest BCUT2D eigenvalue weighted by molar-refractivity contribution is 5.94. The Bertz CT molecular complexity index is 741. The molecule has 2 bridgehead atoms. The molecule has 27 heavy (non-hydrogen) atoms. The van der Waals surface area contributed by atoms with Gasteiger partial charge in [0.25, 0.3) is 5.91 Å². The van der Waals surface area contributed by atoms with E-state index in [1.165, 1.54) is 6.92 Å². The number of fused-ring (bicyclic) bond motifs is 2. The highest BCUT2D eigenvalue weighted by atomic mass is 16.5. The van der Waals surface area contributed by atoms with Crippen LogP contribution in [0.1, 0.15) is 36.5 Å². The van der Waals surface area contributed by atoms with Gasteiger partial charge in [0.15, 0.2) is 0 Å². The van der Waals surface area contributed by atoms with Crippen molar-refractivity contribution in [2.75, 3.05) is 26.2 Å². The maximum atomic E-state index is 12.9. The van der Waals surface area contributed by atoms with E-state index in [1.807, 2.05) is 4.90 Å². The van der Waals surface area contributed by atoms with Crippen molar-refractivity contribution >= 4 is 17.8 Å². The number of hydrogen-bond donors (Lipinski definition) is 0. The van der Waals surface area contributed by atoms with Gasteiger partial charge in [0, 0.05) is 38.7 Å². The quantitative estimate of drug-likeness (QED) is 0.593. The second-order valence-corrected chi connectivity index (χ2v) is 7.50. The summed E-state index contributed by atoms with van der Waals surface area (Å²) in [5.74, 6) is -0.0286. The molecule has 2 amide bonds. The van der Waals surface area contributed by atoms with E-state index >= 15 is 0 Å². The van der Waals surface area contributed by atoms with Crippen molar-refractivity contribution in [3.63, 3.8) is 0 Å². The molecular weight excluding hydrogens is 348 g/mol. The Labute approximate surface area is 158 Å². The third kappa shape index (κ3) is 3.69. The van der Waals surface area contributed by atoms with Crippen molar-refractivity contribution < 1.29 is 23.9 Å². The van der Waals surface area contributed by atoms with E-state index in [-0.39, 0.29) is 29.9 Å². The molecule has 0 saturated carbocycles. The second-order valence-electron chi connectivity index (χ2n) is 7.50. The molecule has 3 fully saturated rings. The molecule has 0 spiro atoms. The average Bonchev–Trinajstić information content (AvgIpc) is 3.28. The number of likely N-dealkylation sites (tertiary alicyclic amines) is 2. The highest BCUT2D eigenvalue weighted by Crippen LogP contribution is 2.34. The molecule has 7 heteroatoms. The van der Waals surface area contributed by atoms with E-state index in [0.29, 0.717) is 30.8 Å². The molecule has 3 saturated heterocycles. The molecule has 1 aromatic rings. The van der Waals surface area contributed by atoms with E-state index in [1.54, 1.807) is 29.2 Å². The minimum atomic E-state index is -0.396. The maximum absolute atomic E-state index is 12.9. The second kappa shape index (κ2) is 7.31. The van der Waals surface area contributed by atoms with Crippen molar-refractivity contribution in [2.45, 2.75) is 38.4 Å². The summed E-state index contributed by atoms with van der Waals surface area (Å²) in [6, 6.07) is 6.54. The van der Waals surface area contributed by atoms with Crippen molar-refractivity contribution in [2.24, 2.45) is 5.92 Å². The zero-order chi connectivity index (χ0) is 19.0. The minimum absolute atomic E-state index is 0.0791. The standard InChI is InChI=1S/C20H24N2O5/c1-13(23)26-15-6-4-14(5-7-15)19(24)22-11-16-10-17(18(12-22)27-16)20(25)21-8-2-3-9-21/h4-7,16-18H,2-3,8-12H2,1H3. The number of amides is 2. The SMILES string of the molecule is CC(=O)Oc1ccc(C(=O)N2CC3CC(C(=O)N4CCCC4)C(C2)O3)cc1. The highest BCUT2D eigenvalue weighted by Gasteiger charge is 2.47. The van der Waals surface area contributed by atoms with Crippen LogP contribution in [0, 0.1) is 5.92 Å². The first kappa shape index (κ1) is 18.0. The molecule has 0 N–H and O–H groups in total. The summed E-state index contributed by atoms with van der Waals surface area (Å²) in [6.45, 7) is 3.95. The first-order chi connectivity index (χ1) is 13.0. The summed E-state index contributed by atoms with van der Waals surface area (Å²) in [7, 11) is 0. The molecule has 144 valence electrons. The van der Waals surface area contributed by atoms with Crippen LogP contribution in [0.15, 0.2) is 24.3 Å². The number of esters is 1. The number of rotatable bonds is 3. The number of carbonyl (C=O) groups excluding carboxylic acids is 3. The normalized spacial score (nSPS) is 26.9. The van der Waals surface area contributed by atoms with Gasteiger partial charge in [-0.15, -0.1) is 0 Å². The van der Waals surface area contributed by atoms with Crippen LogP contribution in [0.2, 0.25) is 0 Å². The van der Waals surface area contributed by atoms with E-state index in [2.05, 4.69) is 0 Å². The molecule has 1 aromatic carbocycles. The summed E-state index contributed by atoms with van der Waals surface area (Å²) in [4.78, 5) is 40.3. The van der Waals surface area contributed by atoms with Gasteiger partial charge in [0.2, 0.25) is 5.91 Å². The minimum Gasteiger partial charge on any atom is -0.427 e. The fourth-order valence-corrected chi connectivity index (χ4v) is 4.27. The lowest BCUT2D eigenvalue weighted by molar-refractivity contribution is -0.137. The number of carbonyl (C=O) groups is 3. The molecule has 7 nitrogen and oxygen atoms in total. The average molecular weight is 372 g/mol. The van der Waals surface area contributed by atoms with Crippen molar-refractivity contribution in [3.8, 4) is 5.75 Å². The lowest BCUT2D eigenvalue weighted by Crippen LogP contribution is -2.48. The summed E-state index contributed by atoms with van der Waals surface area (Å²) >= 11 is 0. The summed E-state index contributed by atoms with van der Waals surface area (Å²) in [6.07, 6.45) is 2.53. The van der Waals surface area contributed by atoms with E-state index in [0.717, 1.165) is 25.9 Å². The van der Waals surface area contributed by atoms with Crippen LogP contribution in [-0.4, -0.2) is 66.0 Å². The molecule has 4 rings (SSSR count). The maximum Gasteiger partial charge on any atom is 0.308 e. The van der Waals surface area contributed by atoms with Crippen LogP contribution in [0.4, 0.5) is 0 Å². The van der Waals surface area contributed by atoms with E-state index in [9.17, 15) is 14.4 Å². The van der Waals surface area contributed by atoms with Crippen LogP contribution in [0.3, 0.4) is 0 Å². The predicted octanol–water partition coefficient (Wildman–Crippen LogP) is 1.46. The van der Waals surface area contributed by atoms with Crippen molar-refractivity contribution in [3.05, 3.63) is 29.8 Å². The number of hydrogen-bond acceptors (Lipinski definition) is 5. The number of morpholine rings is 1. The van der Waals surface area contributed by atoms with Crippen LogP contribution >= 0.6 is 0 Å². The molecular formula is C20H24N2O5. The lowest BCUT2D eigenvalue weighted by atomic mass is 9.99. The number of benzene rings is 1. The Hall–Kier alpha value is -2.41. The Kier molecular flexibility index (Phi) is 4.86. The summed E-state index contributed by atoms with van der Waals surface area (Å²) < 4.78 is 11.0. The number of ether oxygens (including phenoxy) is 2. The largest absolute Gasteiger partial charge is 0.427 e. The van der Waals surface area contributed by atoms with E-state index < -0.39 is 5.97 Å². The third-order valence-corrected chi connectivity index (χ3v) is 5.54. The fourth-order valence-electron chi connectivity index (χ4n) is 4.27. The van der Waals surface area contributed by atoms with Gasteiger partial charge in [-0.05, 0) is 43.5 Å². The van der Waals surface area contributed by atoms with Gasteiger partial charge in [-0.25, -0.2) is 0 Å². The molecule has 3 heterocycles. The van der Waals surface area contributed by atoms with Gasteiger partial charge >= 0.3 is 5.97 Å². The van der Waals surface area contributed by atoms with Crippen molar-refractivity contribution in [1.82, 2.24) is 9.80 Å². The Morgan fingerprint density at radius 3 is 2.41 bits per heavy atom. The molecule has 0 aliphatic carbocycles. The van der Waals surface area contributed by atoms with Gasteiger partial charge in [0.05, 0.1) is 18.1 Å². The van der Waals surface area contributed by atoms with Crippen LogP contribution < -0.4 is 4.74 Å². The zero-order valence-electron chi connectivity index (χ0n) is 15.4. The molecule has 3 atom stereocenters. The van der Waals surface area contributed by atoms with Crippen molar-refractivity contribution in [1.29, 1.82) is 0 Å². The topological polar surface area (TPSA) is 76.2 Å². The Balaban J connectivity index is 1.41. The zero-order valence-corrected chi connectivity index (χ0v) is 15.4. The smallest absolute Gasteiger partial charge is 0.308 e. The molecule has 0 radical (unpaired) electrons. The summed E-state index contributed by atoms with van der Waals surface area (Å²) in [5, 5.41) is 0. The monoisotopic (exact) mass is 372 g/mol. The van der Waals surface area contributed by atoms with Gasteiger partial charge in [-0.3, -0.25) is 14.4 Å². The van der Waals surface area contributed by atoms with Crippen LogP contribution in [0.25, 0.3) is 0 Å². The Morgan fingerprint density at radius 2 is 1.74 bits per heavy atom. The molecule has 0 aromatic heterocycles. The third-order valence-electron chi connectivity index (χ3n) is 5.54. The Morgan fingerprint density at radius 1 is 1.04 bits per heavy atom. The number of nitrogens with zero attached hydrogens (tertiary/aromatic N) is 2.